The molecule has 0 saturated heterocycles. The predicted molar refractivity (Wildman–Crippen MR) is 35.0 cm³/mol. The average molecular weight is 506 g/mol. The van der Waals surface area contributed by atoms with E-state index in [0.717, 1.165) is 0 Å². The molecule has 10 heteroatoms. The summed E-state index contributed by atoms with van der Waals surface area (Å²) in [5.74, 6) is 0. The maximum absolute atomic E-state index is 0. The van der Waals surface area contributed by atoms with Crippen LogP contribution < -0.4 is 0 Å². The molecule has 0 spiro atoms. The van der Waals surface area contributed by atoms with Gasteiger partial charge in [0.1, 0.15) is 0 Å². The molecule has 0 aliphatic rings. The van der Waals surface area contributed by atoms with Gasteiger partial charge in [-0.05, 0) is 0 Å². The number of hydrogen-bond acceptors (Lipinski definition) is 4. The zero-order valence-electron chi connectivity index (χ0n) is 3.65. The van der Waals surface area contributed by atoms with Gasteiger partial charge in [-0.3, -0.25) is 0 Å². The van der Waals surface area contributed by atoms with Gasteiger partial charge in [0.25, 0.3) is 0 Å². The topological polar surface area (TPSA) is 0 Å². The molecule has 0 unspecified atom stereocenters. The summed E-state index contributed by atoms with van der Waals surface area (Å²) in [7, 11) is 0. The zero-order chi connectivity index (χ0) is 0. The predicted octanol–water partition coefficient (Wildman–Crippen LogP) is -1.10. The third kappa shape index (κ3) is 81.4. The molecule has 0 aliphatic carbocycles. The number of hydrogen-bond donors (Lipinski definition) is 0. The van der Waals surface area contributed by atoms with Crippen molar-refractivity contribution in [2.45, 2.75) is 0 Å². The molecule has 0 aromatic carbocycles. The van der Waals surface area contributed by atoms with E-state index in [1.807, 2.05) is 0 Å². The van der Waals surface area contributed by atoms with Gasteiger partial charge < -0.3 is 54.0 Å². The fourth-order valence-electron chi connectivity index (χ4n) is 0. The van der Waals surface area contributed by atoms with Crippen molar-refractivity contribution in [3.63, 3.8) is 0 Å². The second kappa shape index (κ2) is 104. The standard InChI is InChI=1S/5Cu.Fe.4H2S/h;;;;;;4*1H2/q;;;;+1;+3;;;;/p-4. The van der Waals surface area contributed by atoms with E-state index in [-0.39, 0.29) is 156 Å². The van der Waals surface area contributed by atoms with Crippen molar-refractivity contribution >= 4 is 54.0 Å². The molecule has 0 saturated carbocycles. The Hall–Kier alpha value is 4.52. The normalized spacial score (nSPS) is 0. The van der Waals surface area contributed by atoms with Crippen LogP contribution in [-0.2, 0) is 156 Å². The van der Waals surface area contributed by atoms with Crippen LogP contribution >= 0.6 is 0 Å². The number of thiol groups is 4. The van der Waals surface area contributed by atoms with E-state index in [4.69, 9.17) is 0 Å². The Balaban J connectivity index is 0. The SMILES string of the molecule is [Cu+].[Cu].[Cu].[Cu].[Cu].[Fe+3].[SH-].[SH-].[SH-].[SH-]. The Bertz CT molecular complexity index is 13.6. The van der Waals surface area contributed by atoms with Crippen LogP contribution in [0.3, 0.4) is 0 Å². The number of rotatable bonds is 0. The molecule has 0 amide bonds. The van der Waals surface area contributed by atoms with Gasteiger partial charge in [0.15, 0.2) is 0 Å². The first-order valence-electron chi connectivity index (χ1n) is 0. The van der Waals surface area contributed by atoms with Gasteiger partial charge >= 0.3 is 34.1 Å². The first-order chi connectivity index (χ1) is 0. The molecule has 0 aromatic heterocycles. The van der Waals surface area contributed by atoms with Gasteiger partial charge in [-0.1, -0.05) is 0 Å². The van der Waals surface area contributed by atoms with E-state index < -0.39 is 0 Å². The van der Waals surface area contributed by atoms with E-state index >= 15 is 0 Å². The quantitative estimate of drug-likeness (QED) is 0.233. The molecule has 5 radical (unpaired) electrons. The molecule has 0 nitrogen and oxygen atoms in total. The van der Waals surface area contributed by atoms with Gasteiger partial charge in [0.2, 0.25) is 0 Å². The average Bonchev–Trinajstić information content (AvgIpc) is 0. The van der Waals surface area contributed by atoms with E-state index in [0.29, 0.717) is 0 Å². The van der Waals surface area contributed by atoms with Crippen molar-refractivity contribution in [2.24, 2.45) is 0 Å². The Morgan fingerprint density at radius 3 is 0.400 bits per heavy atom. The monoisotopic (exact) mass is 503 g/mol. The molecule has 0 aliphatic heterocycles. The summed E-state index contributed by atoms with van der Waals surface area (Å²) < 4.78 is 0. The Labute approximate surface area is 154 Å². The van der Waals surface area contributed by atoms with Gasteiger partial charge in [0, 0.05) is 68.3 Å². The second-order valence-electron chi connectivity index (χ2n) is 0. The van der Waals surface area contributed by atoms with Crippen molar-refractivity contribution in [1.82, 2.24) is 0 Å². The van der Waals surface area contributed by atoms with E-state index in [1.54, 1.807) is 0 Å². The molecule has 10 heavy (non-hydrogen) atoms. The van der Waals surface area contributed by atoms with Crippen LogP contribution in [0.5, 0.6) is 0 Å². The molecular formula is H4Cu5FeS4. The summed E-state index contributed by atoms with van der Waals surface area (Å²) in [6.45, 7) is 0. The van der Waals surface area contributed by atoms with Crippen molar-refractivity contribution in [3.8, 4) is 0 Å². The van der Waals surface area contributed by atoms with E-state index in [9.17, 15) is 0 Å². The molecule has 0 aromatic rings. The molecule has 0 bridgehead atoms. The minimum absolute atomic E-state index is 0. The Kier molecular flexibility index (Phi) is 1350. The zero-order valence-corrected chi connectivity index (χ0v) is 13.0. The fraction of sp³-hybridized carbons (Fsp3) is 0. The minimum Gasteiger partial charge on any atom is -0.813 e. The maximum atomic E-state index is 0. The van der Waals surface area contributed by atoms with Crippen LogP contribution in [0.2, 0.25) is 0 Å². The van der Waals surface area contributed by atoms with Gasteiger partial charge in [0.05, 0.1) is 0 Å². The summed E-state index contributed by atoms with van der Waals surface area (Å²) in [4.78, 5) is 0. The van der Waals surface area contributed by atoms with Crippen LogP contribution in [0.25, 0.3) is 0 Å². The molecule has 0 rings (SSSR count). The summed E-state index contributed by atoms with van der Waals surface area (Å²) in [5.41, 5.74) is 0. The van der Waals surface area contributed by atoms with Crippen LogP contribution in [0.15, 0.2) is 0 Å². The Morgan fingerprint density at radius 2 is 0.400 bits per heavy atom. The van der Waals surface area contributed by atoms with Crippen LogP contribution in [-0.4, -0.2) is 0 Å². The summed E-state index contributed by atoms with van der Waals surface area (Å²) in [5, 5.41) is 0. The van der Waals surface area contributed by atoms with E-state index in [2.05, 4.69) is 0 Å². The summed E-state index contributed by atoms with van der Waals surface area (Å²) >= 11 is 0. The van der Waals surface area contributed by atoms with Gasteiger partial charge in [-0.15, -0.1) is 0 Å². The first-order valence-corrected chi connectivity index (χ1v) is 0. The maximum Gasteiger partial charge on any atom is 3.00 e. The molecule has 0 fully saturated rings. The fourth-order valence-corrected chi connectivity index (χ4v) is 0. The summed E-state index contributed by atoms with van der Waals surface area (Å²) in [6.07, 6.45) is 0. The first kappa shape index (κ1) is 130. The van der Waals surface area contributed by atoms with Crippen LogP contribution in [0.1, 0.15) is 0 Å². The van der Waals surface area contributed by atoms with Crippen molar-refractivity contribution in [2.75, 3.05) is 0 Å². The van der Waals surface area contributed by atoms with Crippen LogP contribution in [0.4, 0.5) is 0 Å². The van der Waals surface area contributed by atoms with Gasteiger partial charge in [-0.25, -0.2) is 0 Å². The molecule has 91 valence electrons. The minimum atomic E-state index is 0. The largest absolute Gasteiger partial charge is 3.00 e. The third-order valence-electron chi connectivity index (χ3n) is 0. The van der Waals surface area contributed by atoms with Crippen molar-refractivity contribution in [3.05, 3.63) is 0 Å². The summed E-state index contributed by atoms with van der Waals surface area (Å²) in [6, 6.07) is 0. The molecule has 0 atom stereocenters. The second-order valence-corrected chi connectivity index (χ2v) is 0. The van der Waals surface area contributed by atoms with Crippen molar-refractivity contribution < 1.29 is 102 Å². The molecular weight excluding hydrogens is 502 g/mol. The van der Waals surface area contributed by atoms with Crippen LogP contribution in [0, 0.1) is 0 Å². The van der Waals surface area contributed by atoms with E-state index in [1.165, 1.54) is 0 Å². The molecule has 0 heterocycles. The van der Waals surface area contributed by atoms with Gasteiger partial charge in [-0.2, -0.15) is 0 Å². The smallest absolute Gasteiger partial charge is 0.813 e. The molecule has 0 N–H and O–H groups in total. The third-order valence-corrected chi connectivity index (χ3v) is 0. The Morgan fingerprint density at radius 1 is 0.400 bits per heavy atom. The van der Waals surface area contributed by atoms with Crippen molar-refractivity contribution in [1.29, 1.82) is 0 Å².